The number of ketones is 1. The molecule has 0 saturated heterocycles. The quantitative estimate of drug-likeness (QED) is 0.245. The van der Waals surface area contributed by atoms with Gasteiger partial charge in [-0.15, -0.1) is 0 Å². The van der Waals surface area contributed by atoms with E-state index < -0.39 is 11.7 Å². The van der Waals surface area contributed by atoms with Crippen LogP contribution in [0, 0.1) is 20.8 Å². The largest absolute Gasteiger partial charge is 0.489 e. The van der Waals surface area contributed by atoms with Gasteiger partial charge in [0.25, 0.3) is 5.91 Å². The zero-order valence-electron chi connectivity index (χ0n) is 23.5. The van der Waals surface area contributed by atoms with E-state index in [-0.39, 0.29) is 30.8 Å². The molecule has 10 heteroatoms. The summed E-state index contributed by atoms with van der Waals surface area (Å²) < 4.78 is 46.3. The molecule has 1 unspecified atom stereocenters. The van der Waals surface area contributed by atoms with Crippen LogP contribution in [0.4, 0.5) is 13.2 Å². The predicted molar refractivity (Wildman–Crippen MR) is 148 cm³/mol. The molecule has 2 aromatic heterocycles. The maximum Gasteiger partial charge on any atom is 0.416 e. The van der Waals surface area contributed by atoms with E-state index in [0.29, 0.717) is 22.6 Å². The normalized spacial score (nSPS) is 12.2. The lowest BCUT2D eigenvalue weighted by Crippen LogP contribution is -2.20. The van der Waals surface area contributed by atoms with E-state index >= 15 is 0 Å². The highest BCUT2D eigenvalue weighted by molar-refractivity contribution is 5.97. The molecule has 1 N–H and O–H groups in total. The number of benzene rings is 2. The first kappa shape index (κ1) is 29.5. The van der Waals surface area contributed by atoms with Crippen LogP contribution in [0.5, 0.6) is 5.75 Å². The number of pyridine rings is 1. The minimum atomic E-state index is -4.41. The summed E-state index contributed by atoms with van der Waals surface area (Å²) in [4.78, 5) is 29.3. The summed E-state index contributed by atoms with van der Waals surface area (Å²) in [7, 11) is 1.55. The minimum absolute atomic E-state index is 0.0692. The molecule has 4 rings (SSSR count). The lowest BCUT2D eigenvalue weighted by molar-refractivity contribution is -0.137. The van der Waals surface area contributed by atoms with E-state index in [0.717, 1.165) is 40.2 Å². The van der Waals surface area contributed by atoms with E-state index in [9.17, 15) is 22.8 Å². The number of hydrogen-bond acceptors (Lipinski definition) is 5. The van der Waals surface area contributed by atoms with Gasteiger partial charge in [0.05, 0.1) is 17.3 Å². The molecule has 4 aromatic rings. The fourth-order valence-corrected chi connectivity index (χ4v) is 4.63. The number of carbonyl (C=O) groups is 2. The van der Waals surface area contributed by atoms with Crippen molar-refractivity contribution in [3.8, 4) is 5.75 Å². The Morgan fingerprint density at radius 1 is 1.02 bits per heavy atom. The Hall–Kier alpha value is -4.47. The summed E-state index contributed by atoms with van der Waals surface area (Å²) >= 11 is 0. The van der Waals surface area contributed by atoms with Crippen LogP contribution >= 0.6 is 0 Å². The van der Waals surface area contributed by atoms with Gasteiger partial charge in [-0.05, 0) is 74.7 Å². The molecule has 0 spiro atoms. The zero-order valence-corrected chi connectivity index (χ0v) is 23.5. The second-order valence-electron chi connectivity index (χ2n) is 9.89. The second-order valence-corrected chi connectivity index (χ2v) is 9.89. The average molecular weight is 565 g/mol. The van der Waals surface area contributed by atoms with Gasteiger partial charge >= 0.3 is 6.18 Å². The number of Topliss-reactive ketones (excluding diaryl/α,β-unsaturated/α-hetero) is 1. The summed E-state index contributed by atoms with van der Waals surface area (Å²) in [5.74, 6) is 0.0261. The first-order valence-corrected chi connectivity index (χ1v) is 13.0. The molecule has 0 fully saturated rings. The molecule has 1 atom stereocenters. The number of alkyl halides is 3. The number of ether oxygens (including phenoxy) is 1. The Kier molecular flexibility index (Phi) is 8.60. The zero-order chi connectivity index (χ0) is 29.9. The van der Waals surface area contributed by atoms with Crippen molar-refractivity contribution in [3.05, 3.63) is 111 Å². The monoisotopic (exact) mass is 564 g/mol. The number of halogens is 3. The third-order valence-corrected chi connectivity index (χ3v) is 7.08. The molecule has 0 aliphatic heterocycles. The SMILES string of the molecule is CNC(=O)c1cc(C(C)n2nc(C)c(CC(=O)c3ccc(COc4ccc(C(F)(F)F)cc4C)cc3)c2C)ccn1. The lowest BCUT2D eigenvalue weighted by Gasteiger charge is -2.16. The molecule has 41 heavy (non-hydrogen) atoms. The van der Waals surface area contributed by atoms with Gasteiger partial charge in [-0.25, -0.2) is 0 Å². The first-order valence-electron chi connectivity index (χ1n) is 13.0. The number of nitrogens with zero attached hydrogens (tertiary/aromatic N) is 3. The van der Waals surface area contributed by atoms with Crippen LogP contribution in [0.25, 0.3) is 0 Å². The van der Waals surface area contributed by atoms with Gasteiger partial charge in [0, 0.05) is 36.5 Å². The fourth-order valence-electron chi connectivity index (χ4n) is 4.63. The van der Waals surface area contributed by atoms with Crippen LogP contribution in [0.15, 0.2) is 60.8 Å². The summed E-state index contributed by atoms with van der Waals surface area (Å²) in [5, 5.41) is 7.26. The number of aryl methyl sites for hydroxylation is 2. The molecule has 0 radical (unpaired) electrons. The van der Waals surface area contributed by atoms with E-state index in [2.05, 4.69) is 15.4 Å². The van der Waals surface area contributed by atoms with Crippen molar-refractivity contribution in [2.75, 3.05) is 7.05 Å². The highest BCUT2D eigenvalue weighted by atomic mass is 19.4. The van der Waals surface area contributed by atoms with Crippen LogP contribution in [0.3, 0.4) is 0 Å². The Labute approximate surface area is 236 Å². The van der Waals surface area contributed by atoms with Gasteiger partial charge in [-0.3, -0.25) is 19.3 Å². The van der Waals surface area contributed by atoms with Crippen molar-refractivity contribution in [3.63, 3.8) is 0 Å². The third kappa shape index (κ3) is 6.65. The Morgan fingerprint density at radius 2 is 1.73 bits per heavy atom. The number of carbonyl (C=O) groups excluding carboxylic acids is 2. The molecule has 0 bridgehead atoms. The molecule has 0 saturated carbocycles. The number of amides is 1. The van der Waals surface area contributed by atoms with Crippen LogP contribution in [-0.4, -0.2) is 33.5 Å². The van der Waals surface area contributed by atoms with Crippen molar-refractivity contribution >= 4 is 11.7 Å². The predicted octanol–water partition coefficient (Wildman–Crippen LogP) is 6.20. The van der Waals surface area contributed by atoms with Gasteiger partial charge in [-0.1, -0.05) is 24.3 Å². The molecule has 0 aliphatic rings. The van der Waals surface area contributed by atoms with Crippen molar-refractivity contribution in [1.29, 1.82) is 0 Å². The van der Waals surface area contributed by atoms with Gasteiger partial charge < -0.3 is 10.1 Å². The summed E-state index contributed by atoms with van der Waals surface area (Å²) in [5.41, 5.74) is 4.62. The Bertz CT molecular complexity index is 1580. The summed E-state index contributed by atoms with van der Waals surface area (Å²) in [6.45, 7) is 7.48. The van der Waals surface area contributed by atoms with E-state index in [4.69, 9.17) is 4.74 Å². The molecule has 0 aliphatic carbocycles. The van der Waals surface area contributed by atoms with E-state index in [1.54, 1.807) is 50.5 Å². The number of rotatable bonds is 9. The van der Waals surface area contributed by atoms with E-state index in [1.807, 2.05) is 31.5 Å². The Morgan fingerprint density at radius 3 is 2.37 bits per heavy atom. The highest BCUT2D eigenvalue weighted by Gasteiger charge is 2.30. The van der Waals surface area contributed by atoms with Crippen molar-refractivity contribution < 1.29 is 27.5 Å². The molecule has 1 amide bonds. The topological polar surface area (TPSA) is 86.1 Å². The summed E-state index contributed by atoms with van der Waals surface area (Å²) in [6.07, 6.45) is -2.64. The van der Waals surface area contributed by atoms with E-state index in [1.165, 1.54) is 6.07 Å². The summed E-state index contributed by atoms with van der Waals surface area (Å²) in [6, 6.07) is 13.7. The fraction of sp³-hybridized carbons (Fsp3) is 0.290. The first-order chi connectivity index (χ1) is 19.4. The van der Waals surface area contributed by atoms with Crippen molar-refractivity contribution in [2.45, 2.75) is 52.9 Å². The number of hydrogen-bond donors (Lipinski definition) is 1. The maximum absolute atomic E-state index is 13.2. The molecular formula is C31H31F3N4O3. The second kappa shape index (κ2) is 12.0. The van der Waals surface area contributed by atoms with Crippen LogP contribution in [0.2, 0.25) is 0 Å². The number of nitrogens with one attached hydrogen (secondary N) is 1. The standard InChI is InChI=1S/C31H31F3N4O3/c1-18-14-25(31(32,33)34)10-11-29(18)41-17-22-6-8-23(9-7-22)28(39)16-26-19(2)37-38(21(26)4)20(3)24-12-13-36-27(15-24)30(40)35-5/h6-15,20H,16-17H2,1-5H3,(H,35,40). The third-order valence-electron chi connectivity index (χ3n) is 7.08. The minimum Gasteiger partial charge on any atom is -0.489 e. The molecule has 214 valence electrons. The van der Waals surface area contributed by atoms with Gasteiger partial charge in [-0.2, -0.15) is 18.3 Å². The highest BCUT2D eigenvalue weighted by Crippen LogP contribution is 2.32. The molecule has 2 heterocycles. The van der Waals surface area contributed by atoms with Crippen LogP contribution < -0.4 is 10.1 Å². The van der Waals surface area contributed by atoms with Gasteiger partial charge in [0.15, 0.2) is 5.78 Å². The molecule has 2 aromatic carbocycles. The van der Waals surface area contributed by atoms with Gasteiger partial charge in [0.2, 0.25) is 0 Å². The van der Waals surface area contributed by atoms with Crippen molar-refractivity contribution in [1.82, 2.24) is 20.1 Å². The van der Waals surface area contributed by atoms with Gasteiger partial charge in [0.1, 0.15) is 18.1 Å². The van der Waals surface area contributed by atoms with Crippen molar-refractivity contribution in [2.24, 2.45) is 0 Å². The average Bonchev–Trinajstić information content (AvgIpc) is 3.23. The Balaban J connectivity index is 1.43. The van der Waals surface area contributed by atoms with Crippen LogP contribution in [0.1, 0.15) is 73.0 Å². The maximum atomic E-state index is 13.2. The van der Waals surface area contributed by atoms with Crippen LogP contribution in [-0.2, 0) is 19.2 Å². The molecular weight excluding hydrogens is 533 g/mol. The number of aromatic nitrogens is 3. The molecule has 7 nitrogen and oxygen atoms in total. The lowest BCUT2D eigenvalue weighted by atomic mass is 10.0. The smallest absolute Gasteiger partial charge is 0.416 e.